The van der Waals surface area contributed by atoms with Crippen molar-refractivity contribution in [3.8, 4) is 0 Å². The summed E-state index contributed by atoms with van der Waals surface area (Å²) in [5.41, 5.74) is -1.41. The second kappa shape index (κ2) is 7.42. The van der Waals surface area contributed by atoms with Crippen LogP contribution < -0.4 is 0 Å². The highest BCUT2D eigenvalue weighted by atomic mass is 16.8. The van der Waals surface area contributed by atoms with Gasteiger partial charge in [0.05, 0.1) is 17.3 Å². The van der Waals surface area contributed by atoms with Gasteiger partial charge in [-0.15, -0.1) is 0 Å². The van der Waals surface area contributed by atoms with Gasteiger partial charge in [-0.25, -0.2) is 0 Å². The van der Waals surface area contributed by atoms with Crippen LogP contribution in [-0.4, -0.2) is 34.2 Å². The molecule has 0 spiro atoms. The second-order valence-electron chi connectivity index (χ2n) is 7.16. The number of hydrogen-bond donors (Lipinski definition) is 2. The Morgan fingerprint density at radius 2 is 1.27 bits per heavy atom. The minimum atomic E-state index is -2.75. The summed E-state index contributed by atoms with van der Waals surface area (Å²) in [6, 6.07) is 0. The Balaban J connectivity index is 5.41. The number of hydrogen-bond acceptors (Lipinski definition) is 6. The molecule has 0 amide bonds. The summed E-state index contributed by atoms with van der Waals surface area (Å²) < 4.78 is 10.2. The second-order valence-corrected chi connectivity index (χ2v) is 7.16. The minimum absolute atomic E-state index is 0.200. The summed E-state index contributed by atoms with van der Waals surface area (Å²) in [5.74, 6) is -4.99. The topological polar surface area (TPSA) is 93.1 Å². The molecule has 0 rings (SSSR count). The van der Waals surface area contributed by atoms with E-state index in [2.05, 4.69) is 0 Å². The number of carbonyl (C=O) groups is 2. The van der Waals surface area contributed by atoms with E-state index in [-0.39, 0.29) is 11.8 Å². The van der Waals surface area contributed by atoms with Crippen LogP contribution in [0.15, 0.2) is 0 Å². The van der Waals surface area contributed by atoms with Crippen molar-refractivity contribution >= 4 is 11.9 Å². The van der Waals surface area contributed by atoms with Crippen LogP contribution in [0.2, 0.25) is 0 Å². The van der Waals surface area contributed by atoms with E-state index in [9.17, 15) is 19.8 Å². The fraction of sp³-hybridized carbons (Fsp3) is 0.875. The van der Waals surface area contributed by atoms with Crippen LogP contribution in [0.3, 0.4) is 0 Å². The number of ether oxygens (including phenoxy) is 2. The van der Waals surface area contributed by atoms with E-state index in [1.807, 2.05) is 0 Å². The molecular formula is C16H30O6. The maximum Gasteiger partial charge on any atom is 0.333 e. The zero-order chi connectivity index (χ0) is 17.9. The molecule has 0 saturated carbocycles. The van der Waals surface area contributed by atoms with Gasteiger partial charge in [-0.1, -0.05) is 41.5 Å². The Bertz CT molecular complexity index is 395. The maximum atomic E-state index is 11.9. The van der Waals surface area contributed by atoms with Crippen LogP contribution in [0.25, 0.3) is 0 Å². The molecule has 0 aliphatic carbocycles. The van der Waals surface area contributed by atoms with Crippen LogP contribution in [0.5, 0.6) is 0 Å². The third-order valence-corrected chi connectivity index (χ3v) is 3.58. The molecule has 0 aromatic rings. The Morgan fingerprint density at radius 3 is 1.59 bits per heavy atom. The molecule has 22 heavy (non-hydrogen) atoms. The van der Waals surface area contributed by atoms with E-state index in [1.165, 1.54) is 13.8 Å². The molecule has 0 aromatic carbocycles. The van der Waals surface area contributed by atoms with Crippen molar-refractivity contribution in [2.45, 2.75) is 67.5 Å². The number of esters is 2. The molecule has 2 N–H and O–H groups in total. The monoisotopic (exact) mass is 318 g/mol. The smallest absolute Gasteiger partial charge is 0.333 e. The molecule has 6 heteroatoms. The van der Waals surface area contributed by atoms with Gasteiger partial charge in [0.2, 0.25) is 0 Å². The first-order chi connectivity index (χ1) is 9.74. The van der Waals surface area contributed by atoms with Gasteiger partial charge in [-0.3, -0.25) is 9.59 Å². The highest BCUT2D eigenvalue weighted by molar-refractivity contribution is 5.72. The van der Waals surface area contributed by atoms with Gasteiger partial charge in [0.25, 0.3) is 0 Å². The van der Waals surface area contributed by atoms with Crippen molar-refractivity contribution in [2.24, 2.45) is 23.2 Å². The van der Waals surface area contributed by atoms with Crippen LogP contribution >= 0.6 is 0 Å². The fourth-order valence-corrected chi connectivity index (χ4v) is 1.95. The standard InChI is InChI=1S/C16H30O6/c1-9(2)12(21-13(17)10(3)4)15(7,8)16(19,20)22-14(18)11(5)6/h9-12,19-20H,1-8H3. The predicted octanol–water partition coefficient (Wildman–Crippen LogP) is 2.07. The predicted molar refractivity (Wildman–Crippen MR) is 81.4 cm³/mol. The zero-order valence-corrected chi connectivity index (χ0v) is 14.8. The molecule has 130 valence electrons. The number of aliphatic hydroxyl groups is 2. The highest BCUT2D eigenvalue weighted by Crippen LogP contribution is 2.39. The minimum Gasteiger partial charge on any atom is -0.461 e. The van der Waals surface area contributed by atoms with Gasteiger partial charge < -0.3 is 19.7 Å². The number of rotatable bonds is 7. The Kier molecular flexibility index (Phi) is 7.03. The lowest BCUT2D eigenvalue weighted by Gasteiger charge is -2.43. The molecule has 0 saturated heterocycles. The van der Waals surface area contributed by atoms with Gasteiger partial charge in [0.1, 0.15) is 6.10 Å². The summed E-state index contributed by atoms with van der Waals surface area (Å²) >= 11 is 0. The third kappa shape index (κ3) is 4.95. The van der Waals surface area contributed by atoms with E-state index < -0.39 is 35.3 Å². The van der Waals surface area contributed by atoms with E-state index in [0.29, 0.717) is 0 Å². The fourth-order valence-electron chi connectivity index (χ4n) is 1.95. The lowest BCUT2D eigenvalue weighted by Crippen LogP contribution is -2.57. The van der Waals surface area contributed by atoms with Gasteiger partial charge in [0, 0.05) is 0 Å². The first-order valence-electron chi connectivity index (χ1n) is 7.62. The summed E-state index contributed by atoms with van der Waals surface area (Å²) in [7, 11) is 0. The molecule has 6 nitrogen and oxygen atoms in total. The van der Waals surface area contributed by atoms with E-state index in [1.54, 1.807) is 41.5 Å². The molecule has 0 heterocycles. The van der Waals surface area contributed by atoms with Gasteiger partial charge in [-0.05, 0) is 19.8 Å². The molecule has 1 unspecified atom stereocenters. The summed E-state index contributed by atoms with van der Waals surface area (Å²) in [6.45, 7) is 13.1. The quantitative estimate of drug-likeness (QED) is 0.551. The third-order valence-electron chi connectivity index (χ3n) is 3.58. The Labute approximate surface area is 132 Å². The molecule has 0 aromatic heterocycles. The van der Waals surface area contributed by atoms with Gasteiger partial charge in [-0.2, -0.15) is 0 Å². The lowest BCUT2D eigenvalue weighted by atomic mass is 9.78. The summed E-state index contributed by atoms with van der Waals surface area (Å²) in [4.78, 5) is 23.5. The molecular weight excluding hydrogens is 288 g/mol. The Hall–Kier alpha value is -1.14. The molecule has 0 aliphatic heterocycles. The van der Waals surface area contributed by atoms with Crippen molar-refractivity contribution < 1.29 is 29.3 Å². The van der Waals surface area contributed by atoms with Crippen molar-refractivity contribution in [1.82, 2.24) is 0 Å². The van der Waals surface area contributed by atoms with E-state index in [0.717, 1.165) is 0 Å². The molecule has 0 aliphatic rings. The Morgan fingerprint density at radius 1 is 0.864 bits per heavy atom. The van der Waals surface area contributed by atoms with Crippen molar-refractivity contribution in [1.29, 1.82) is 0 Å². The van der Waals surface area contributed by atoms with E-state index in [4.69, 9.17) is 9.47 Å². The maximum absolute atomic E-state index is 11.9. The summed E-state index contributed by atoms with van der Waals surface area (Å²) in [5, 5.41) is 20.5. The van der Waals surface area contributed by atoms with E-state index >= 15 is 0 Å². The molecule has 0 radical (unpaired) electrons. The van der Waals surface area contributed by atoms with Crippen LogP contribution in [-0.2, 0) is 19.1 Å². The summed E-state index contributed by atoms with van der Waals surface area (Å²) in [6.07, 6.45) is -0.836. The van der Waals surface area contributed by atoms with Gasteiger partial charge >= 0.3 is 17.9 Å². The zero-order valence-electron chi connectivity index (χ0n) is 14.8. The van der Waals surface area contributed by atoms with Crippen LogP contribution in [0.1, 0.15) is 55.4 Å². The normalized spacial score (nSPS) is 14.4. The van der Waals surface area contributed by atoms with Crippen molar-refractivity contribution in [2.75, 3.05) is 0 Å². The van der Waals surface area contributed by atoms with Crippen LogP contribution in [0, 0.1) is 23.2 Å². The highest BCUT2D eigenvalue weighted by Gasteiger charge is 2.54. The lowest BCUT2D eigenvalue weighted by molar-refractivity contribution is -0.386. The largest absolute Gasteiger partial charge is 0.461 e. The molecule has 1 atom stereocenters. The first kappa shape index (κ1) is 20.9. The van der Waals surface area contributed by atoms with Gasteiger partial charge in [0.15, 0.2) is 0 Å². The van der Waals surface area contributed by atoms with Crippen molar-refractivity contribution in [3.05, 3.63) is 0 Å². The van der Waals surface area contributed by atoms with Crippen molar-refractivity contribution in [3.63, 3.8) is 0 Å². The SMILES string of the molecule is CC(C)C(=O)OC(C(C)C)C(C)(C)C(O)(O)OC(=O)C(C)C. The molecule has 0 bridgehead atoms. The number of carbonyl (C=O) groups excluding carboxylic acids is 2. The average molecular weight is 318 g/mol. The molecule has 0 fully saturated rings. The van der Waals surface area contributed by atoms with Crippen LogP contribution in [0.4, 0.5) is 0 Å². The first-order valence-corrected chi connectivity index (χ1v) is 7.62. The average Bonchev–Trinajstić information content (AvgIpc) is 2.33.